The second-order valence-electron chi connectivity index (χ2n) is 2.99. The number of halogens is 1. The van der Waals surface area contributed by atoms with Gasteiger partial charge in [-0.15, -0.1) is 0 Å². The summed E-state index contributed by atoms with van der Waals surface area (Å²) in [6.07, 6.45) is -1.65. The second-order valence-corrected chi connectivity index (χ2v) is 3.40. The maximum atomic E-state index is 11.2. The number of rotatable bonds is 3. The van der Waals surface area contributed by atoms with Crippen LogP contribution < -0.4 is 0 Å². The van der Waals surface area contributed by atoms with Crippen LogP contribution in [0.1, 0.15) is 18.6 Å². The van der Waals surface area contributed by atoms with E-state index in [0.717, 1.165) is 0 Å². The Kier molecular flexibility index (Phi) is 3.98. The Morgan fingerprint density at radius 1 is 1.44 bits per heavy atom. The highest BCUT2D eigenvalue weighted by molar-refractivity contribution is 6.32. The first-order valence-corrected chi connectivity index (χ1v) is 4.91. The molecule has 1 atom stereocenters. The van der Waals surface area contributed by atoms with Gasteiger partial charge in [-0.05, 0) is 13.0 Å². The Morgan fingerprint density at radius 3 is 2.62 bits per heavy atom. The first-order chi connectivity index (χ1) is 7.49. The molecular weight excluding hydrogens is 236 g/mol. The van der Waals surface area contributed by atoms with Crippen molar-refractivity contribution in [3.8, 4) is 11.5 Å². The topological polar surface area (TPSA) is 87.0 Å². The number of esters is 1. The molecule has 0 heterocycles. The molecule has 1 aromatic rings. The summed E-state index contributed by atoms with van der Waals surface area (Å²) in [6, 6.07) is 2.49. The van der Waals surface area contributed by atoms with Crippen LogP contribution in [0.25, 0.3) is 0 Å². The number of carbonyl (C=O) groups is 1. The fraction of sp³-hybridized carbons (Fsp3) is 0.300. The molecule has 0 fully saturated rings. The predicted molar refractivity (Wildman–Crippen MR) is 56.4 cm³/mol. The number of ether oxygens (including phenoxy) is 1. The largest absolute Gasteiger partial charge is 0.504 e. The van der Waals surface area contributed by atoms with E-state index in [0.29, 0.717) is 0 Å². The fourth-order valence-corrected chi connectivity index (χ4v) is 1.29. The Balaban J connectivity index is 3.05. The summed E-state index contributed by atoms with van der Waals surface area (Å²) in [5.74, 6) is -2.12. The number of hydrogen-bond acceptors (Lipinski definition) is 5. The minimum Gasteiger partial charge on any atom is -0.504 e. The van der Waals surface area contributed by atoms with Crippen molar-refractivity contribution in [3.63, 3.8) is 0 Å². The normalized spacial score (nSPS) is 12.2. The predicted octanol–water partition coefficient (Wildman–Crippen LogP) is 1.35. The van der Waals surface area contributed by atoms with Crippen molar-refractivity contribution < 1.29 is 24.9 Å². The van der Waals surface area contributed by atoms with Gasteiger partial charge in [0.1, 0.15) is 0 Å². The van der Waals surface area contributed by atoms with Gasteiger partial charge >= 0.3 is 5.97 Å². The highest BCUT2D eigenvalue weighted by atomic mass is 35.5. The van der Waals surface area contributed by atoms with Crippen molar-refractivity contribution in [1.29, 1.82) is 0 Å². The van der Waals surface area contributed by atoms with Gasteiger partial charge < -0.3 is 20.1 Å². The molecule has 0 saturated heterocycles. The molecule has 0 amide bonds. The van der Waals surface area contributed by atoms with Crippen molar-refractivity contribution in [2.45, 2.75) is 13.0 Å². The van der Waals surface area contributed by atoms with E-state index in [-0.39, 0.29) is 17.2 Å². The smallest absolute Gasteiger partial charge is 0.339 e. The lowest BCUT2D eigenvalue weighted by molar-refractivity contribution is -0.153. The summed E-state index contributed by atoms with van der Waals surface area (Å²) >= 11 is 5.52. The van der Waals surface area contributed by atoms with Gasteiger partial charge in [0.2, 0.25) is 0 Å². The minimum atomic E-state index is -1.65. The zero-order valence-corrected chi connectivity index (χ0v) is 9.23. The maximum absolute atomic E-state index is 11.2. The van der Waals surface area contributed by atoms with Crippen LogP contribution in [-0.4, -0.2) is 27.9 Å². The number of hydrogen-bond donors (Lipinski definition) is 3. The number of phenolic OH excluding ortho intramolecular Hbond substituents is 2. The van der Waals surface area contributed by atoms with Crippen LogP contribution in [-0.2, 0) is 9.53 Å². The van der Waals surface area contributed by atoms with Crippen molar-refractivity contribution in [3.05, 3.63) is 22.7 Å². The zero-order chi connectivity index (χ0) is 12.3. The molecule has 1 unspecified atom stereocenters. The molecule has 6 heteroatoms. The summed E-state index contributed by atoms with van der Waals surface area (Å²) in [7, 11) is 0. The molecule has 0 radical (unpaired) electrons. The van der Waals surface area contributed by atoms with Crippen LogP contribution in [0.3, 0.4) is 0 Å². The molecule has 1 aromatic carbocycles. The Morgan fingerprint density at radius 2 is 2.06 bits per heavy atom. The number of aliphatic hydroxyl groups excluding tert-OH is 1. The molecule has 0 aliphatic rings. The van der Waals surface area contributed by atoms with Crippen LogP contribution in [0.4, 0.5) is 0 Å². The van der Waals surface area contributed by atoms with Crippen molar-refractivity contribution >= 4 is 17.6 Å². The van der Waals surface area contributed by atoms with E-state index in [1.807, 2.05) is 0 Å². The molecule has 0 aliphatic heterocycles. The molecule has 0 bridgehead atoms. The molecule has 0 aliphatic carbocycles. The van der Waals surface area contributed by atoms with Crippen LogP contribution in [0.5, 0.6) is 11.5 Å². The maximum Gasteiger partial charge on any atom is 0.339 e. The molecule has 0 spiro atoms. The van der Waals surface area contributed by atoms with Gasteiger partial charge in [-0.2, -0.15) is 0 Å². The summed E-state index contributed by atoms with van der Waals surface area (Å²) in [4.78, 5) is 11.2. The standard InChI is InChI=1S/C10H11ClO5/c1-2-16-10(15)8(13)5-3-4-6(11)9(14)7(5)12/h3-4,8,12-14H,2H2,1H3. The third kappa shape index (κ3) is 2.37. The quantitative estimate of drug-likeness (QED) is 0.554. The van der Waals surface area contributed by atoms with Crippen molar-refractivity contribution in [2.24, 2.45) is 0 Å². The van der Waals surface area contributed by atoms with Gasteiger partial charge in [-0.3, -0.25) is 0 Å². The van der Waals surface area contributed by atoms with E-state index in [1.165, 1.54) is 12.1 Å². The van der Waals surface area contributed by atoms with E-state index < -0.39 is 23.6 Å². The molecule has 0 saturated carbocycles. The molecule has 1 rings (SSSR count). The highest BCUT2D eigenvalue weighted by Gasteiger charge is 2.24. The van der Waals surface area contributed by atoms with E-state index in [4.69, 9.17) is 11.6 Å². The van der Waals surface area contributed by atoms with Crippen LogP contribution in [0, 0.1) is 0 Å². The van der Waals surface area contributed by atoms with Crippen LogP contribution in [0.15, 0.2) is 12.1 Å². The van der Waals surface area contributed by atoms with Crippen LogP contribution >= 0.6 is 11.6 Å². The van der Waals surface area contributed by atoms with E-state index >= 15 is 0 Å². The number of carbonyl (C=O) groups excluding carboxylic acids is 1. The number of phenols is 2. The number of aliphatic hydroxyl groups is 1. The lowest BCUT2D eigenvalue weighted by atomic mass is 10.1. The average molecular weight is 247 g/mol. The molecule has 5 nitrogen and oxygen atoms in total. The zero-order valence-electron chi connectivity index (χ0n) is 8.48. The van der Waals surface area contributed by atoms with Gasteiger partial charge in [0.05, 0.1) is 11.6 Å². The van der Waals surface area contributed by atoms with E-state index in [9.17, 15) is 20.1 Å². The fourth-order valence-electron chi connectivity index (χ4n) is 1.14. The SMILES string of the molecule is CCOC(=O)C(O)c1ccc(Cl)c(O)c1O. The first kappa shape index (κ1) is 12.6. The van der Waals surface area contributed by atoms with E-state index in [1.54, 1.807) is 6.92 Å². The second kappa shape index (κ2) is 5.05. The van der Waals surface area contributed by atoms with Gasteiger partial charge in [-0.25, -0.2) is 4.79 Å². The van der Waals surface area contributed by atoms with Crippen molar-refractivity contribution in [1.82, 2.24) is 0 Å². The summed E-state index contributed by atoms with van der Waals surface area (Å²) < 4.78 is 4.57. The third-order valence-electron chi connectivity index (χ3n) is 1.94. The van der Waals surface area contributed by atoms with Gasteiger partial charge in [0.25, 0.3) is 0 Å². The molecule has 0 aromatic heterocycles. The molecule has 3 N–H and O–H groups in total. The van der Waals surface area contributed by atoms with E-state index in [2.05, 4.69) is 4.74 Å². The number of aromatic hydroxyl groups is 2. The molecule has 16 heavy (non-hydrogen) atoms. The molecule has 88 valence electrons. The van der Waals surface area contributed by atoms with Gasteiger partial charge in [0, 0.05) is 5.56 Å². The van der Waals surface area contributed by atoms with Crippen molar-refractivity contribution in [2.75, 3.05) is 6.61 Å². The third-order valence-corrected chi connectivity index (χ3v) is 2.24. The van der Waals surface area contributed by atoms with Crippen LogP contribution in [0.2, 0.25) is 5.02 Å². The van der Waals surface area contributed by atoms with Gasteiger partial charge in [0.15, 0.2) is 17.6 Å². The Hall–Kier alpha value is -1.46. The monoisotopic (exact) mass is 246 g/mol. The average Bonchev–Trinajstić information content (AvgIpc) is 2.26. The minimum absolute atomic E-state index is 0.0719. The Labute approximate surface area is 96.9 Å². The molecular formula is C10H11ClO5. The Bertz CT molecular complexity index is 404. The summed E-state index contributed by atoms with van der Waals surface area (Å²) in [5.41, 5.74) is -0.152. The first-order valence-electron chi connectivity index (χ1n) is 4.54. The lowest BCUT2D eigenvalue weighted by Gasteiger charge is -2.12. The number of benzene rings is 1. The summed E-state index contributed by atoms with van der Waals surface area (Å²) in [5, 5.41) is 28.2. The highest BCUT2D eigenvalue weighted by Crippen LogP contribution is 2.38. The summed E-state index contributed by atoms with van der Waals surface area (Å²) in [6.45, 7) is 1.69. The lowest BCUT2D eigenvalue weighted by Crippen LogP contribution is -2.15. The van der Waals surface area contributed by atoms with Gasteiger partial charge in [-0.1, -0.05) is 17.7 Å².